The maximum atomic E-state index is 11.3. The summed E-state index contributed by atoms with van der Waals surface area (Å²) in [7, 11) is 0.0684. The fourth-order valence-electron chi connectivity index (χ4n) is 2.59. The molecule has 0 fully saturated rings. The Morgan fingerprint density at radius 2 is 1.62 bits per heavy atom. The van der Waals surface area contributed by atoms with Crippen molar-refractivity contribution in [1.82, 2.24) is 4.90 Å². The molecule has 5 nitrogen and oxygen atoms in total. The minimum Gasteiger partial charge on any atom is -0.375 e. The number of nitrogens with two attached hydrogens (primary N) is 1. The lowest BCUT2D eigenvalue weighted by Crippen LogP contribution is -2.28. The van der Waals surface area contributed by atoms with Crippen molar-refractivity contribution in [3.8, 4) is 0 Å². The van der Waals surface area contributed by atoms with Gasteiger partial charge in [0.2, 0.25) is 10.0 Å². The Morgan fingerprint density at radius 1 is 1.04 bits per heavy atom. The normalized spacial score (nSPS) is 14.5. The van der Waals surface area contributed by atoms with Crippen LogP contribution in [-0.4, -0.2) is 34.0 Å². The Hall–Kier alpha value is -1.73. The first-order valence-corrected chi connectivity index (χ1v) is 9.28. The van der Waals surface area contributed by atoms with Crippen LogP contribution in [0.5, 0.6) is 0 Å². The van der Waals surface area contributed by atoms with Crippen molar-refractivity contribution in [1.29, 1.82) is 0 Å². The topological polar surface area (TPSA) is 72.6 Å². The van der Waals surface area contributed by atoms with E-state index < -0.39 is 10.0 Å². The zero-order chi connectivity index (χ0) is 17.7. The van der Waals surface area contributed by atoms with E-state index in [-0.39, 0.29) is 17.0 Å². The van der Waals surface area contributed by atoms with Gasteiger partial charge in [0.25, 0.3) is 0 Å². The Bertz CT molecular complexity index is 746. The van der Waals surface area contributed by atoms with E-state index in [4.69, 9.17) is 9.88 Å². The summed E-state index contributed by atoms with van der Waals surface area (Å²) in [5.41, 5.74) is 2.15. The molecule has 2 rings (SSSR count). The summed E-state index contributed by atoms with van der Waals surface area (Å²) in [6.45, 7) is 2.79. The van der Waals surface area contributed by atoms with Crippen LogP contribution in [0.4, 0.5) is 0 Å². The van der Waals surface area contributed by atoms with Crippen molar-refractivity contribution >= 4 is 10.0 Å². The summed E-state index contributed by atoms with van der Waals surface area (Å²) in [5.74, 6) is 0. The molecule has 2 aromatic rings. The Morgan fingerprint density at radius 3 is 2.12 bits per heavy atom. The molecule has 2 N–H and O–H groups in total. The van der Waals surface area contributed by atoms with E-state index in [0.717, 1.165) is 17.7 Å². The second-order valence-electron chi connectivity index (χ2n) is 5.86. The lowest BCUT2D eigenvalue weighted by Gasteiger charge is -2.29. The van der Waals surface area contributed by atoms with E-state index >= 15 is 0 Å². The highest BCUT2D eigenvalue weighted by atomic mass is 32.2. The molecule has 130 valence electrons. The Kier molecular flexibility index (Phi) is 6.12. The molecule has 2 atom stereocenters. The number of primary sulfonamides is 1. The molecular weight excluding hydrogens is 324 g/mol. The Balaban J connectivity index is 2.10. The first-order valence-electron chi connectivity index (χ1n) is 7.73. The smallest absolute Gasteiger partial charge is 0.238 e. The number of methoxy groups -OCH3 is 1. The monoisotopic (exact) mass is 348 g/mol. The predicted octanol–water partition coefficient (Wildman–Crippen LogP) is 2.71. The van der Waals surface area contributed by atoms with Gasteiger partial charge in [0, 0.05) is 19.7 Å². The summed E-state index contributed by atoms with van der Waals surface area (Å²) >= 11 is 0. The van der Waals surface area contributed by atoms with Crippen LogP contribution in [-0.2, 0) is 14.8 Å². The van der Waals surface area contributed by atoms with Gasteiger partial charge in [-0.25, -0.2) is 13.6 Å². The number of likely N-dealkylation sites (N-methyl/N-ethyl adjacent to an activating group) is 1. The van der Waals surface area contributed by atoms with Crippen LogP contribution in [0, 0.1) is 0 Å². The number of sulfonamides is 1. The van der Waals surface area contributed by atoms with Crippen LogP contribution >= 0.6 is 0 Å². The summed E-state index contributed by atoms with van der Waals surface area (Å²) in [4.78, 5) is 2.30. The van der Waals surface area contributed by atoms with E-state index in [1.807, 2.05) is 37.4 Å². The zero-order valence-electron chi connectivity index (χ0n) is 14.2. The molecule has 0 aliphatic carbocycles. The number of rotatable bonds is 7. The van der Waals surface area contributed by atoms with Crippen molar-refractivity contribution in [3.63, 3.8) is 0 Å². The number of hydrogen-bond donors (Lipinski definition) is 1. The highest BCUT2D eigenvalue weighted by Gasteiger charge is 2.18. The van der Waals surface area contributed by atoms with Gasteiger partial charge in [-0.15, -0.1) is 0 Å². The van der Waals surface area contributed by atoms with Crippen molar-refractivity contribution < 1.29 is 13.2 Å². The average molecular weight is 348 g/mol. The maximum Gasteiger partial charge on any atom is 0.238 e. The van der Waals surface area contributed by atoms with Gasteiger partial charge in [0.15, 0.2) is 0 Å². The van der Waals surface area contributed by atoms with Gasteiger partial charge < -0.3 is 4.74 Å². The molecule has 0 amide bonds. The summed E-state index contributed by atoms with van der Waals surface area (Å²) < 4.78 is 28.3. The summed E-state index contributed by atoms with van der Waals surface area (Å²) in [5, 5.41) is 5.14. The van der Waals surface area contributed by atoms with Gasteiger partial charge in [-0.3, -0.25) is 4.90 Å². The fourth-order valence-corrected chi connectivity index (χ4v) is 3.11. The average Bonchev–Trinajstić information content (AvgIpc) is 2.59. The van der Waals surface area contributed by atoms with Crippen molar-refractivity contribution in [3.05, 3.63) is 65.7 Å². The minimum atomic E-state index is -3.66. The molecule has 0 aromatic heterocycles. The van der Waals surface area contributed by atoms with Gasteiger partial charge in [-0.1, -0.05) is 42.5 Å². The van der Waals surface area contributed by atoms with Crippen LogP contribution in [0.15, 0.2) is 59.5 Å². The van der Waals surface area contributed by atoms with Gasteiger partial charge >= 0.3 is 0 Å². The van der Waals surface area contributed by atoms with E-state index in [1.54, 1.807) is 31.4 Å². The molecular formula is C18H24N2O3S. The second-order valence-corrected chi connectivity index (χ2v) is 7.43. The molecule has 2 aromatic carbocycles. The third-order valence-electron chi connectivity index (χ3n) is 4.26. The summed E-state index contributed by atoms with van der Waals surface area (Å²) in [6, 6.07) is 16.9. The number of ether oxygens (including phenoxy) is 1. The van der Waals surface area contributed by atoms with E-state index in [2.05, 4.69) is 11.8 Å². The molecule has 0 saturated carbocycles. The quantitative estimate of drug-likeness (QED) is 0.835. The highest BCUT2D eigenvalue weighted by molar-refractivity contribution is 7.89. The first-order chi connectivity index (χ1) is 11.3. The van der Waals surface area contributed by atoms with Crippen LogP contribution in [0.1, 0.15) is 30.2 Å². The van der Waals surface area contributed by atoms with Gasteiger partial charge in [0.1, 0.15) is 0 Å². The first kappa shape index (κ1) is 18.6. The predicted molar refractivity (Wildman–Crippen MR) is 95.1 cm³/mol. The zero-order valence-corrected chi connectivity index (χ0v) is 15.0. The molecule has 24 heavy (non-hydrogen) atoms. The second kappa shape index (κ2) is 7.90. The van der Waals surface area contributed by atoms with Crippen molar-refractivity contribution in [2.75, 3.05) is 20.7 Å². The third-order valence-corrected chi connectivity index (χ3v) is 5.19. The maximum absolute atomic E-state index is 11.3. The van der Waals surface area contributed by atoms with E-state index in [1.165, 1.54) is 0 Å². The van der Waals surface area contributed by atoms with Crippen LogP contribution < -0.4 is 5.14 Å². The fraction of sp³-hybridized carbons (Fsp3) is 0.333. The molecule has 0 spiro atoms. The number of hydrogen-bond acceptors (Lipinski definition) is 4. The van der Waals surface area contributed by atoms with Gasteiger partial charge in [0.05, 0.1) is 11.0 Å². The lowest BCUT2D eigenvalue weighted by molar-refractivity contribution is 0.0606. The van der Waals surface area contributed by atoms with Crippen LogP contribution in [0.2, 0.25) is 0 Å². The van der Waals surface area contributed by atoms with Gasteiger partial charge in [-0.2, -0.15) is 0 Å². The standard InChI is InChI=1S/C18H24N2O3S/c1-14(15-9-11-17(12-10-15)24(19,21)22)20(2)13-18(23-3)16-7-5-4-6-8-16/h4-12,14,18H,13H2,1-3H3,(H2,19,21,22)/t14-,18-/m0/s1. The largest absolute Gasteiger partial charge is 0.375 e. The number of benzene rings is 2. The molecule has 0 heterocycles. The van der Waals surface area contributed by atoms with E-state index in [0.29, 0.717) is 0 Å². The van der Waals surface area contributed by atoms with Crippen molar-refractivity contribution in [2.45, 2.75) is 24.0 Å². The molecule has 0 saturated heterocycles. The molecule has 0 bridgehead atoms. The minimum absolute atomic E-state index is 0.0256. The lowest BCUT2D eigenvalue weighted by atomic mass is 10.1. The van der Waals surface area contributed by atoms with Gasteiger partial charge in [-0.05, 0) is 37.2 Å². The molecule has 0 radical (unpaired) electrons. The molecule has 6 heteroatoms. The summed E-state index contributed by atoms with van der Waals surface area (Å²) in [6.07, 6.45) is -0.0256. The third kappa shape index (κ3) is 4.64. The highest BCUT2D eigenvalue weighted by Crippen LogP contribution is 2.24. The Labute approximate surface area is 144 Å². The number of nitrogens with zero attached hydrogens (tertiary/aromatic N) is 1. The SMILES string of the molecule is CO[C@@H](CN(C)[C@@H](C)c1ccc(S(N)(=O)=O)cc1)c1ccccc1. The molecule has 0 unspecified atom stereocenters. The molecule has 0 aliphatic rings. The van der Waals surface area contributed by atoms with Crippen LogP contribution in [0.3, 0.4) is 0 Å². The van der Waals surface area contributed by atoms with Crippen LogP contribution in [0.25, 0.3) is 0 Å². The van der Waals surface area contributed by atoms with Crippen molar-refractivity contribution in [2.24, 2.45) is 5.14 Å². The van der Waals surface area contributed by atoms with E-state index in [9.17, 15) is 8.42 Å². The molecule has 0 aliphatic heterocycles.